The molecule has 0 aromatic heterocycles. The lowest BCUT2D eigenvalue weighted by molar-refractivity contribution is -0.140. The summed E-state index contributed by atoms with van der Waals surface area (Å²) >= 11 is 0. The van der Waals surface area contributed by atoms with E-state index < -0.39 is 12.0 Å². The highest BCUT2D eigenvalue weighted by Crippen LogP contribution is 2.26. The summed E-state index contributed by atoms with van der Waals surface area (Å²) in [7, 11) is 0. The van der Waals surface area contributed by atoms with Crippen molar-refractivity contribution in [2.24, 2.45) is 0 Å². The van der Waals surface area contributed by atoms with Gasteiger partial charge in [0.1, 0.15) is 6.04 Å². The standard InChI is InChI=1S/C16H24N2O2/c1-12(2)17-15(16(19)20)11-18-9-8-14(10-18)13-6-4-3-5-7-13/h3-7,12,14-15,17H,8-11H2,1-2H3,(H,19,20). The number of carboxylic acids is 1. The summed E-state index contributed by atoms with van der Waals surface area (Å²) in [5.41, 5.74) is 1.36. The Morgan fingerprint density at radius 2 is 2.10 bits per heavy atom. The van der Waals surface area contributed by atoms with Gasteiger partial charge in [-0.2, -0.15) is 0 Å². The highest BCUT2D eigenvalue weighted by atomic mass is 16.4. The third-order valence-electron chi connectivity index (χ3n) is 3.82. The Morgan fingerprint density at radius 3 is 2.70 bits per heavy atom. The third kappa shape index (κ3) is 4.05. The summed E-state index contributed by atoms with van der Waals surface area (Å²) in [6, 6.07) is 10.2. The Kier molecular flexibility index (Phi) is 5.15. The van der Waals surface area contributed by atoms with Crippen LogP contribution in [0.25, 0.3) is 0 Å². The van der Waals surface area contributed by atoms with Crippen LogP contribution in [0, 0.1) is 0 Å². The summed E-state index contributed by atoms with van der Waals surface area (Å²) in [5.74, 6) is -0.230. The molecule has 1 saturated heterocycles. The van der Waals surface area contributed by atoms with E-state index in [2.05, 4.69) is 34.5 Å². The first kappa shape index (κ1) is 15.0. The predicted molar refractivity (Wildman–Crippen MR) is 79.9 cm³/mol. The molecule has 1 aromatic carbocycles. The van der Waals surface area contributed by atoms with Crippen LogP contribution in [0.2, 0.25) is 0 Å². The molecule has 20 heavy (non-hydrogen) atoms. The molecule has 0 radical (unpaired) electrons. The van der Waals surface area contributed by atoms with Crippen LogP contribution in [0.3, 0.4) is 0 Å². The lowest BCUT2D eigenvalue weighted by Gasteiger charge is -2.23. The van der Waals surface area contributed by atoms with E-state index in [4.69, 9.17) is 0 Å². The Morgan fingerprint density at radius 1 is 1.40 bits per heavy atom. The number of nitrogens with one attached hydrogen (secondary N) is 1. The zero-order valence-corrected chi connectivity index (χ0v) is 12.2. The maximum absolute atomic E-state index is 11.3. The molecule has 0 bridgehead atoms. The minimum atomic E-state index is -0.762. The van der Waals surface area contributed by atoms with Gasteiger partial charge in [-0.15, -0.1) is 0 Å². The molecule has 1 aliphatic rings. The summed E-state index contributed by atoms with van der Waals surface area (Å²) in [5, 5.41) is 12.4. The van der Waals surface area contributed by atoms with Crippen molar-refractivity contribution in [1.82, 2.24) is 10.2 Å². The van der Waals surface area contributed by atoms with Crippen molar-refractivity contribution in [3.8, 4) is 0 Å². The summed E-state index contributed by atoms with van der Waals surface area (Å²) in [4.78, 5) is 13.5. The van der Waals surface area contributed by atoms with E-state index in [0.29, 0.717) is 12.5 Å². The number of hydrogen-bond acceptors (Lipinski definition) is 3. The normalized spacial score (nSPS) is 21.2. The molecule has 0 spiro atoms. The zero-order valence-electron chi connectivity index (χ0n) is 12.2. The number of likely N-dealkylation sites (tertiary alicyclic amines) is 1. The first-order valence-electron chi connectivity index (χ1n) is 7.32. The van der Waals surface area contributed by atoms with Crippen molar-refractivity contribution >= 4 is 5.97 Å². The van der Waals surface area contributed by atoms with Crippen molar-refractivity contribution in [3.05, 3.63) is 35.9 Å². The van der Waals surface area contributed by atoms with Crippen LogP contribution in [0.4, 0.5) is 0 Å². The SMILES string of the molecule is CC(C)NC(CN1CCC(c2ccccc2)C1)C(=O)O. The minimum absolute atomic E-state index is 0.184. The van der Waals surface area contributed by atoms with E-state index in [1.54, 1.807) is 0 Å². The largest absolute Gasteiger partial charge is 0.480 e. The van der Waals surface area contributed by atoms with Gasteiger partial charge in [0.05, 0.1) is 0 Å². The number of aliphatic carboxylic acids is 1. The van der Waals surface area contributed by atoms with Gasteiger partial charge in [0.25, 0.3) is 0 Å². The van der Waals surface area contributed by atoms with Crippen LogP contribution in [0.5, 0.6) is 0 Å². The van der Waals surface area contributed by atoms with Crippen molar-refractivity contribution in [2.45, 2.75) is 38.3 Å². The molecule has 2 rings (SSSR count). The average Bonchev–Trinajstić information content (AvgIpc) is 2.87. The fourth-order valence-electron chi connectivity index (χ4n) is 2.86. The van der Waals surface area contributed by atoms with Crippen LogP contribution >= 0.6 is 0 Å². The van der Waals surface area contributed by atoms with E-state index in [1.165, 1.54) is 5.56 Å². The van der Waals surface area contributed by atoms with Gasteiger partial charge in [-0.25, -0.2) is 0 Å². The van der Waals surface area contributed by atoms with Crippen LogP contribution in [0.1, 0.15) is 31.7 Å². The van der Waals surface area contributed by atoms with Gasteiger partial charge in [0.15, 0.2) is 0 Å². The van der Waals surface area contributed by atoms with Gasteiger partial charge in [-0.3, -0.25) is 4.79 Å². The molecule has 0 saturated carbocycles. The van der Waals surface area contributed by atoms with Crippen molar-refractivity contribution < 1.29 is 9.90 Å². The molecule has 1 fully saturated rings. The molecular weight excluding hydrogens is 252 g/mol. The molecule has 4 nitrogen and oxygen atoms in total. The zero-order chi connectivity index (χ0) is 14.5. The molecule has 110 valence electrons. The lowest BCUT2D eigenvalue weighted by atomic mass is 9.99. The van der Waals surface area contributed by atoms with E-state index in [0.717, 1.165) is 19.5 Å². The fourth-order valence-corrected chi connectivity index (χ4v) is 2.86. The average molecular weight is 276 g/mol. The first-order chi connectivity index (χ1) is 9.56. The van der Waals surface area contributed by atoms with Gasteiger partial charge in [-0.1, -0.05) is 44.2 Å². The predicted octanol–water partition coefficient (Wildman–Crippen LogP) is 1.93. The molecule has 4 heteroatoms. The Balaban J connectivity index is 1.90. The number of rotatable bonds is 6. The molecule has 0 amide bonds. The summed E-state index contributed by atoms with van der Waals surface area (Å²) < 4.78 is 0. The molecule has 2 unspecified atom stereocenters. The number of benzene rings is 1. The Labute approximate surface area is 120 Å². The first-order valence-corrected chi connectivity index (χ1v) is 7.32. The molecule has 2 atom stereocenters. The van der Waals surface area contributed by atoms with Gasteiger partial charge in [-0.05, 0) is 24.4 Å². The second-order valence-corrected chi connectivity index (χ2v) is 5.87. The number of carboxylic acid groups (broad SMARTS) is 1. The fraction of sp³-hybridized carbons (Fsp3) is 0.562. The Hall–Kier alpha value is -1.39. The Bertz CT molecular complexity index is 433. The lowest BCUT2D eigenvalue weighted by Crippen LogP contribution is -2.48. The van der Waals surface area contributed by atoms with Crippen molar-refractivity contribution in [1.29, 1.82) is 0 Å². The van der Waals surface area contributed by atoms with Gasteiger partial charge in [0, 0.05) is 19.1 Å². The maximum Gasteiger partial charge on any atom is 0.322 e. The quantitative estimate of drug-likeness (QED) is 0.833. The second kappa shape index (κ2) is 6.86. The third-order valence-corrected chi connectivity index (χ3v) is 3.82. The van der Waals surface area contributed by atoms with Crippen LogP contribution in [-0.2, 0) is 4.79 Å². The summed E-state index contributed by atoms with van der Waals surface area (Å²) in [6.45, 7) is 6.47. The van der Waals surface area contributed by atoms with Crippen molar-refractivity contribution in [2.75, 3.05) is 19.6 Å². The van der Waals surface area contributed by atoms with E-state index in [-0.39, 0.29) is 6.04 Å². The van der Waals surface area contributed by atoms with E-state index in [1.807, 2.05) is 19.9 Å². The number of carbonyl (C=O) groups is 1. The monoisotopic (exact) mass is 276 g/mol. The number of nitrogens with zero attached hydrogens (tertiary/aromatic N) is 1. The van der Waals surface area contributed by atoms with Gasteiger partial charge < -0.3 is 15.3 Å². The highest BCUT2D eigenvalue weighted by Gasteiger charge is 2.28. The van der Waals surface area contributed by atoms with Crippen molar-refractivity contribution in [3.63, 3.8) is 0 Å². The molecule has 0 aliphatic carbocycles. The molecule has 1 aliphatic heterocycles. The smallest absolute Gasteiger partial charge is 0.322 e. The van der Waals surface area contributed by atoms with E-state index in [9.17, 15) is 9.90 Å². The molecule has 1 heterocycles. The maximum atomic E-state index is 11.3. The topological polar surface area (TPSA) is 52.6 Å². The molecule has 2 N–H and O–H groups in total. The van der Waals surface area contributed by atoms with Crippen LogP contribution < -0.4 is 5.32 Å². The van der Waals surface area contributed by atoms with Gasteiger partial charge in [0.2, 0.25) is 0 Å². The van der Waals surface area contributed by atoms with Crippen LogP contribution in [0.15, 0.2) is 30.3 Å². The molecular formula is C16H24N2O2. The minimum Gasteiger partial charge on any atom is -0.480 e. The second-order valence-electron chi connectivity index (χ2n) is 5.87. The van der Waals surface area contributed by atoms with Gasteiger partial charge >= 0.3 is 5.97 Å². The van der Waals surface area contributed by atoms with E-state index >= 15 is 0 Å². The van der Waals surface area contributed by atoms with Crippen LogP contribution in [-0.4, -0.2) is 47.7 Å². The molecule has 1 aromatic rings. The highest BCUT2D eigenvalue weighted by molar-refractivity contribution is 5.73. The summed E-state index contributed by atoms with van der Waals surface area (Å²) in [6.07, 6.45) is 1.11. The number of hydrogen-bond donors (Lipinski definition) is 2.